The molecule has 0 saturated heterocycles. The van der Waals surface area contributed by atoms with Crippen LogP contribution in [0, 0.1) is 13.8 Å². The second kappa shape index (κ2) is 7.31. The molecule has 2 aromatic carbocycles. The molecule has 0 spiro atoms. The van der Waals surface area contributed by atoms with Gasteiger partial charge >= 0.3 is 0 Å². The number of phenolic OH excluding ortho intramolecular Hbond substituents is 2. The van der Waals surface area contributed by atoms with Crippen LogP contribution in [0.15, 0.2) is 41.5 Å². The zero-order valence-corrected chi connectivity index (χ0v) is 12.9. The van der Waals surface area contributed by atoms with E-state index in [9.17, 15) is 15.0 Å². The molecule has 1 amide bonds. The molecule has 6 heteroatoms. The number of para-hydroxylation sites is 1. The van der Waals surface area contributed by atoms with Gasteiger partial charge in [-0.25, -0.2) is 5.43 Å². The third-order valence-corrected chi connectivity index (χ3v) is 3.16. The Labute approximate surface area is 134 Å². The van der Waals surface area contributed by atoms with E-state index in [0.717, 1.165) is 11.1 Å². The summed E-state index contributed by atoms with van der Waals surface area (Å²) >= 11 is 0. The van der Waals surface area contributed by atoms with Crippen LogP contribution in [-0.2, 0) is 4.79 Å². The second-order valence-corrected chi connectivity index (χ2v) is 5.05. The van der Waals surface area contributed by atoms with Crippen LogP contribution in [0.3, 0.4) is 0 Å². The fourth-order valence-corrected chi connectivity index (χ4v) is 2.00. The van der Waals surface area contributed by atoms with E-state index in [1.165, 1.54) is 18.3 Å². The first-order valence-corrected chi connectivity index (χ1v) is 7.00. The molecule has 0 unspecified atom stereocenters. The predicted molar refractivity (Wildman–Crippen MR) is 86.9 cm³/mol. The van der Waals surface area contributed by atoms with E-state index in [0.29, 0.717) is 11.3 Å². The van der Waals surface area contributed by atoms with Crippen molar-refractivity contribution in [2.75, 3.05) is 6.61 Å². The lowest BCUT2D eigenvalue weighted by Crippen LogP contribution is -2.25. The fraction of sp³-hybridized carbons (Fsp3) is 0.176. The summed E-state index contributed by atoms with van der Waals surface area (Å²) in [7, 11) is 0. The summed E-state index contributed by atoms with van der Waals surface area (Å²) in [6.07, 6.45) is 1.36. The molecule has 0 aliphatic rings. The zero-order valence-electron chi connectivity index (χ0n) is 12.9. The second-order valence-electron chi connectivity index (χ2n) is 5.05. The minimum atomic E-state index is -0.396. The average Bonchev–Trinajstić information content (AvgIpc) is 2.50. The van der Waals surface area contributed by atoms with Crippen LogP contribution in [0.4, 0.5) is 0 Å². The van der Waals surface area contributed by atoms with Crippen molar-refractivity contribution < 1.29 is 19.7 Å². The Hall–Kier alpha value is -3.02. The molecule has 0 aromatic heterocycles. The molecule has 0 atom stereocenters. The first-order chi connectivity index (χ1) is 11.0. The van der Waals surface area contributed by atoms with Gasteiger partial charge in [-0.2, -0.15) is 5.10 Å². The molecule has 0 bridgehead atoms. The van der Waals surface area contributed by atoms with Gasteiger partial charge in [0.1, 0.15) is 5.75 Å². The van der Waals surface area contributed by atoms with Gasteiger partial charge in [0, 0.05) is 0 Å². The van der Waals surface area contributed by atoms with Gasteiger partial charge in [-0.15, -0.1) is 0 Å². The highest BCUT2D eigenvalue weighted by molar-refractivity contribution is 5.83. The number of phenols is 2. The number of nitrogens with zero attached hydrogens (tertiary/aromatic N) is 1. The van der Waals surface area contributed by atoms with E-state index >= 15 is 0 Å². The zero-order chi connectivity index (χ0) is 16.8. The Kier molecular flexibility index (Phi) is 5.19. The monoisotopic (exact) mass is 314 g/mol. The molecular weight excluding hydrogens is 296 g/mol. The molecule has 2 rings (SSSR count). The van der Waals surface area contributed by atoms with Crippen LogP contribution < -0.4 is 10.2 Å². The number of nitrogens with one attached hydrogen (secondary N) is 1. The van der Waals surface area contributed by atoms with E-state index in [4.69, 9.17) is 4.74 Å². The van der Waals surface area contributed by atoms with Gasteiger partial charge < -0.3 is 14.9 Å². The summed E-state index contributed by atoms with van der Waals surface area (Å²) in [4.78, 5) is 11.7. The number of benzene rings is 2. The SMILES string of the molecule is Cc1cccc(C)c1OCC(=O)N/N=C/c1ccc(O)c(O)c1. The summed E-state index contributed by atoms with van der Waals surface area (Å²) in [6, 6.07) is 9.97. The average molecular weight is 314 g/mol. The van der Waals surface area contributed by atoms with Crippen LogP contribution >= 0.6 is 0 Å². The Bertz CT molecular complexity index is 721. The standard InChI is InChI=1S/C17H18N2O4/c1-11-4-3-5-12(2)17(11)23-10-16(22)19-18-9-13-6-7-14(20)15(21)8-13/h3-9,20-21H,10H2,1-2H3,(H,19,22)/b18-9+. The Morgan fingerprint density at radius 1 is 1.17 bits per heavy atom. The Balaban J connectivity index is 1.87. The Morgan fingerprint density at radius 3 is 2.52 bits per heavy atom. The fourth-order valence-electron chi connectivity index (χ4n) is 2.00. The molecule has 0 saturated carbocycles. The van der Waals surface area contributed by atoms with Crippen molar-refractivity contribution in [2.45, 2.75) is 13.8 Å². The molecule has 0 aliphatic heterocycles. The van der Waals surface area contributed by atoms with Gasteiger partial charge in [0.2, 0.25) is 0 Å². The summed E-state index contributed by atoms with van der Waals surface area (Å²) < 4.78 is 5.51. The predicted octanol–water partition coefficient (Wildman–Crippen LogP) is 2.24. The molecule has 6 nitrogen and oxygen atoms in total. The van der Waals surface area contributed by atoms with Gasteiger partial charge in [0.25, 0.3) is 5.91 Å². The van der Waals surface area contributed by atoms with Gasteiger partial charge in [-0.05, 0) is 48.7 Å². The summed E-state index contributed by atoms with van der Waals surface area (Å²) in [5.41, 5.74) is 4.79. The smallest absolute Gasteiger partial charge is 0.277 e. The molecule has 0 aliphatic carbocycles. The number of carbonyl (C=O) groups excluding carboxylic acids is 1. The number of amides is 1. The lowest BCUT2D eigenvalue weighted by Gasteiger charge is -2.10. The molecule has 2 aromatic rings. The van der Waals surface area contributed by atoms with Gasteiger partial charge in [0.05, 0.1) is 6.21 Å². The van der Waals surface area contributed by atoms with Crippen molar-refractivity contribution in [1.82, 2.24) is 5.43 Å². The van der Waals surface area contributed by atoms with Crippen molar-refractivity contribution in [3.63, 3.8) is 0 Å². The van der Waals surface area contributed by atoms with Crippen molar-refractivity contribution in [1.29, 1.82) is 0 Å². The topological polar surface area (TPSA) is 91.2 Å². The normalized spacial score (nSPS) is 10.7. The van der Waals surface area contributed by atoms with E-state index in [-0.39, 0.29) is 18.1 Å². The minimum Gasteiger partial charge on any atom is -0.504 e. The first kappa shape index (κ1) is 16.4. The van der Waals surface area contributed by atoms with Crippen LogP contribution in [0.1, 0.15) is 16.7 Å². The number of hydrogen-bond donors (Lipinski definition) is 3. The lowest BCUT2D eigenvalue weighted by atomic mass is 10.1. The maximum atomic E-state index is 11.7. The molecule has 0 fully saturated rings. The summed E-state index contributed by atoms with van der Waals surface area (Å²) in [6.45, 7) is 3.68. The highest BCUT2D eigenvalue weighted by Crippen LogP contribution is 2.24. The third kappa shape index (κ3) is 4.47. The Morgan fingerprint density at radius 2 is 1.87 bits per heavy atom. The van der Waals surface area contributed by atoms with E-state index < -0.39 is 5.91 Å². The third-order valence-electron chi connectivity index (χ3n) is 3.16. The number of aryl methyl sites for hydroxylation is 2. The molecule has 120 valence electrons. The first-order valence-electron chi connectivity index (χ1n) is 7.00. The minimum absolute atomic E-state index is 0.149. The summed E-state index contributed by atoms with van der Waals surface area (Å²) in [5, 5.41) is 22.3. The largest absolute Gasteiger partial charge is 0.504 e. The quantitative estimate of drug-likeness (QED) is 0.448. The van der Waals surface area contributed by atoms with E-state index in [1.807, 2.05) is 32.0 Å². The molecule has 0 heterocycles. The number of carbonyl (C=O) groups is 1. The molecular formula is C17H18N2O4. The molecule has 3 N–H and O–H groups in total. The van der Waals surface area contributed by atoms with E-state index in [2.05, 4.69) is 10.5 Å². The number of hydrogen-bond acceptors (Lipinski definition) is 5. The van der Waals surface area contributed by atoms with Crippen LogP contribution in [0.25, 0.3) is 0 Å². The summed E-state index contributed by atoms with van der Waals surface area (Å²) in [5.74, 6) is -0.172. The molecule has 23 heavy (non-hydrogen) atoms. The lowest BCUT2D eigenvalue weighted by molar-refractivity contribution is -0.123. The van der Waals surface area contributed by atoms with Crippen molar-refractivity contribution >= 4 is 12.1 Å². The van der Waals surface area contributed by atoms with Gasteiger partial charge in [-0.1, -0.05) is 18.2 Å². The van der Waals surface area contributed by atoms with E-state index in [1.54, 1.807) is 6.07 Å². The van der Waals surface area contributed by atoms with Gasteiger partial charge in [-0.3, -0.25) is 4.79 Å². The highest BCUT2D eigenvalue weighted by Gasteiger charge is 2.06. The number of aromatic hydroxyl groups is 2. The maximum absolute atomic E-state index is 11.7. The van der Waals surface area contributed by atoms with Gasteiger partial charge in [0.15, 0.2) is 18.1 Å². The number of rotatable bonds is 5. The van der Waals surface area contributed by atoms with Crippen molar-refractivity contribution in [3.05, 3.63) is 53.1 Å². The molecule has 0 radical (unpaired) electrons. The highest BCUT2D eigenvalue weighted by atomic mass is 16.5. The van der Waals surface area contributed by atoms with Crippen molar-refractivity contribution in [2.24, 2.45) is 5.10 Å². The number of hydrazone groups is 1. The number of ether oxygens (including phenoxy) is 1. The maximum Gasteiger partial charge on any atom is 0.277 e. The van der Waals surface area contributed by atoms with Crippen LogP contribution in [0.5, 0.6) is 17.2 Å². The van der Waals surface area contributed by atoms with Crippen LogP contribution in [0.2, 0.25) is 0 Å². The van der Waals surface area contributed by atoms with Crippen molar-refractivity contribution in [3.8, 4) is 17.2 Å². The van der Waals surface area contributed by atoms with Crippen LogP contribution in [-0.4, -0.2) is 28.9 Å².